The van der Waals surface area contributed by atoms with Gasteiger partial charge in [-0.05, 0) is 44.0 Å². The summed E-state index contributed by atoms with van der Waals surface area (Å²) in [6.07, 6.45) is 2.25. The Hall–Kier alpha value is -1.52. The summed E-state index contributed by atoms with van der Waals surface area (Å²) in [4.78, 5) is 7.61. The zero-order valence-corrected chi connectivity index (χ0v) is 12.5. The number of pyridine rings is 1. The summed E-state index contributed by atoms with van der Waals surface area (Å²) in [6, 6.07) is 10.7. The van der Waals surface area contributed by atoms with E-state index in [1.165, 1.54) is 17.4 Å². The summed E-state index contributed by atoms with van der Waals surface area (Å²) in [5.41, 5.74) is 9.30. The van der Waals surface area contributed by atoms with Crippen LogP contribution in [-0.2, 0) is 6.54 Å². The lowest BCUT2D eigenvalue weighted by atomic mass is 10.1. The topological polar surface area (TPSA) is 42.1 Å². The van der Waals surface area contributed by atoms with Crippen LogP contribution in [0.4, 0.5) is 0 Å². The maximum atomic E-state index is 5.86. The number of para-hydroxylation sites is 1. The summed E-state index contributed by atoms with van der Waals surface area (Å²) < 4.78 is 0. The highest BCUT2D eigenvalue weighted by atomic mass is 32.1. The van der Waals surface area contributed by atoms with Gasteiger partial charge in [-0.1, -0.05) is 30.4 Å². The zero-order valence-electron chi connectivity index (χ0n) is 11.7. The standard InChI is InChI=1S/C16H19N3S/c1-11-9-12(13-5-2-3-6-14(13)18-11)10-19-8-4-7-15(19)16(17)20/h2-3,5-6,9,15H,4,7-8,10H2,1H3,(H2,17,20). The van der Waals surface area contributed by atoms with E-state index in [0.717, 1.165) is 30.7 Å². The molecule has 0 saturated carbocycles. The minimum absolute atomic E-state index is 0.247. The number of benzene rings is 1. The number of nitrogens with two attached hydrogens (primary N) is 1. The maximum absolute atomic E-state index is 5.86. The summed E-state index contributed by atoms with van der Waals surface area (Å²) in [7, 11) is 0. The first-order valence-corrected chi connectivity index (χ1v) is 7.44. The first-order chi connectivity index (χ1) is 9.65. The average molecular weight is 285 g/mol. The summed E-state index contributed by atoms with van der Waals surface area (Å²) in [6.45, 7) is 4.01. The fraction of sp³-hybridized carbons (Fsp3) is 0.375. The Morgan fingerprint density at radius 3 is 3.05 bits per heavy atom. The number of aryl methyl sites for hydroxylation is 1. The molecule has 1 aliphatic rings. The Bertz CT molecular complexity index is 653. The highest BCUT2D eigenvalue weighted by Crippen LogP contribution is 2.24. The molecule has 1 aromatic heterocycles. The van der Waals surface area contributed by atoms with E-state index < -0.39 is 0 Å². The summed E-state index contributed by atoms with van der Waals surface area (Å²) in [5, 5.41) is 1.23. The number of nitrogens with zero attached hydrogens (tertiary/aromatic N) is 2. The van der Waals surface area contributed by atoms with Gasteiger partial charge in [0.05, 0.1) is 16.5 Å². The SMILES string of the molecule is Cc1cc(CN2CCCC2C(N)=S)c2ccccc2n1. The lowest BCUT2D eigenvalue weighted by Crippen LogP contribution is -2.38. The van der Waals surface area contributed by atoms with Gasteiger partial charge >= 0.3 is 0 Å². The molecule has 0 aliphatic carbocycles. The third-order valence-corrected chi connectivity index (χ3v) is 4.27. The molecule has 1 atom stereocenters. The van der Waals surface area contributed by atoms with Gasteiger partial charge in [0.2, 0.25) is 0 Å². The number of hydrogen-bond acceptors (Lipinski definition) is 3. The predicted molar refractivity (Wildman–Crippen MR) is 86.7 cm³/mol. The molecule has 3 nitrogen and oxygen atoms in total. The van der Waals surface area contributed by atoms with Crippen LogP contribution in [-0.4, -0.2) is 27.5 Å². The van der Waals surface area contributed by atoms with Crippen LogP contribution in [0.25, 0.3) is 10.9 Å². The Morgan fingerprint density at radius 1 is 1.45 bits per heavy atom. The van der Waals surface area contributed by atoms with Gasteiger partial charge in [-0.3, -0.25) is 9.88 Å². The van der Waals surface area contributed by atoms with E-state index in [9.17, 15) is 0 Å². The van der Waals surface area contributed by atoms with Crippen molar-refractivity contribution in [3.63, 3.8) is 0 Å². The van der Waals surface area contributed by atoms with Crippen molar-refractivity contribution in [1.29, 1.82) is 0 Å². The average Bonchev–Trinajstić information content (AvgIpc) is 2.87. The van der Waals surface area contributed by atoms with Crippen molar-refractivity contribution in [2.75, 3.05) is 6.54 Å². The van der Waals surface area contributed by atoms with E-state index in [1.807, 2.05) is 13.0 Å². The number of thiocarbonyl (C=S) groups is 1. The monoisotopic (exact) mass is 285 g/mol. The minimum atomic E-state index is 0.247. The van der Waals surface area contributed by atoms with E-state index in [2.05, 4.69) is 34.1 Å². The van der Waals surface area contributed by atoms with Crippen LogP contribution in [0.15, 0.2) is 30.3 Å². The molecule has 0 radical (unpaired) electrons. The van der Waals surface area contributed by atoms with Gasteiger partial charge in [-0.25, -0.2) is 0 Å². The first kappa shape index (κ1) is 13.5. The molecular formula is C16H19N3S. The molecule has 4 heteroatoms. The molecule has 1 aromatic carbocycles. The van der Waals surface area contributed by atoms with Crippen LogP contribution < -0.4 is 5.73 Å². The van der Waals surface area contributed by atoms with Crippen LogP contribution in [0.1, 0.15) is 24.1 Å². The lowest BCUT2D eigenvalue weighted by molar-refractivity contribution is 0.296. The van der Waals surface area contributed by atoms with Gasteiger partial charge in [0.1, 0.15) is 0 Å². The second-order valence-corrected chi connectivity index (χ2v) is 5.94. The Morgan fingerprint density at radius 2 is 2.25 bits per heavy atom. The summed E-state index contributed by atoms with van der Waals surface area (Å²) >= 11 is 5.19. The van der Waals surface area contributed by atoms with E-state index in [4.69, 9.17) is 18.0 Å². The Kier molecular flexibility index (Phi) is 3.68. The fourth-order valence-corrected chi connectivity index (χ4v) is 3.35. The Labute approximate surface area is 124 Å². The molecule has 1 aliphatic heterocycles. The molecule has 1 unspecified atom stereocenters. The molecule has 1 fully saturated rings. The van der Waals surface area contributed by atoms with Gasteiger partial charge in [0, 0.05) is 17.6 Å². The van der Waals surface area contributed by atoms with Crippen molar-refractivity contribution in [2.24, 2.45) is 5.73 Å². The number of likely N-dealkylation sites (tertiary alicyclic amines) is 1. The van der Waals surface area contributed by atoms with Crippen molar-refractivity contribution in [2.45, 2.75) is 32.4 Å². The number of fused-ring (bicyclic) bond motifs is 1. The molecule has 2 N–H and O–H groups in total. The quantitative estimate of drug-likeness (QED) is 0.881. The van der Waals surface area contributed by atoms with Crippen molar-refractivity contribution < 1.29 is 0 Å². The normalized spacial score (nSPS) is 19.6. The molecule has 0 spiro atoms. The van der Waals surface area contributed by atoms with E-state index in [0.29, 0.717) is 4.99 Å². The van der Waals surface area contributed by atoms with Gasteiger partial charge in [-0.15, -0.1) is 0 Å². The molecule has 3 rings (SSSR count). The van der Waals surface area contributed by atoms with Crippen LogP contribution in [0.3, 0.4) is 0 Å². The van der Waals surface area contributed by atoms with Crippen LogP contribution in [0.5, 0.6) is 0 Å². The molecule has 0 bridgehead atoms. The molecule has 0 amide bonds. The maximum Gasteiger partial charge on any atom is 0.0902 e. The smallest absolute Gasteiger partial charge is 0.0902 e. The second-order valence-electron chi connectivity index (χ2n) is 5.47. The molecule has 104 valence electrons. The highest BCUT2D eigenvalue weighted by molar-refractivity contribution is 7.80. The predicted octanol–water partition coefficient (Wildman–Crippen LogP) is 2.79. The third kappa shape index (κ3) is 2.53. The fourth-order valence-electron chi connectivity index (χ4n) is 3.08. The van der Waals surface area contributed by atoms with Crippen LogP contribution in [0, 0.1) is 6.92 Å². The van der Waals surface area contributed by atoms with Crippen molar-refractivity contribution in [1.82, 2.24) is 9.88 Å². The van der Waals surface area contributed by atoms with Gasteiger partial charge in [0.25, 0.3) is 0 Å². The van der Waals surface area contributed by atoms with Gasteiger partial charge in [-0.2, -0.15) is 0 Å². The zero-order chi connectivity index (χ0) is 14.1. The molecule has 20 heavy (non-hydrogen) atoms. The Balaban J connectivity index is 1.96. The van der Waals surface area contributed by atoms with Crippen LogP contribution >= 0.6 is 12.2 Å². The van der Waals surface area contributed by atoms with Gasteiger partial charge in [0.15, 0.2) is 0 Å². The minimum Gasteiger partial charge on any atom is -0.392 e. The van der Waals surface area contributed by atoms with Gasteiger partial charge < -0.3 is 5.73 Å². The number of aromatic nitrogens is 1. The van der Waals surface area contributed by atoms with Crippen molar-refractivity contribution in [3.8, 4) is 0 Å². The van der Waals surface area contributed by atoms with Crippen molar-refractivity contribution >= 4 is 28.1 Å². The molecule has 2 aromatic rings. The van der Waals surface area contributed by atoms with Crippen LogP contribution in [0.2, 0.25) is 0 Å². The molecule has 2 heterocycles. The summed E-state index contributed by atoms with van der Waals surface area (Å²) in [5.74, 6) is 0. The van der Waals surface area contributed by atoms with Crippen molar-refractivity contribution in [3.05, 3.63) is 41.6 Å². The number of hydrogen-bond donors (Lipinski definition) is 1. The second kappa shape index (κ2) is 5.46. The third-order valence-electron chi connectivity index (χ3n) is 4.00. The number of rotatable bonds is 3. The van der Waals surface area contributed by atoms with E-state index in [-0.39, 0.29) is 6.04 Å². The van der Waals surface area contributed by atoms with E-state index in [1.54, 1.807) is 0 Å². The largest absolute Gasteiger partial charge is 0.392 e. The first-order valence-electron chi connectivity index (χ1n) is 7.04. The highest BCUT2D eigenvalue weighted by Gasteiger charge is 2.26. The lowest BCUT2D eigenvalue weighted by Gasteiger charge is -2.24. The molecule has 1 saturated heterocycles. The van der Waals surface area contributed by atoms with E-state index >= 15 is 0 Å². The molecular weight excluding hydrogens is 266 g/mol.